The molecule has 0 fully saturated rings. The van der Waals surface area contributed by atoms with Gasteiger partial charge >= 0.3 is 5.97 Å². The van der Waals surface area contributed by atoms with Crippen LogP contribution in [0.4, 0.5) is 0 Å². The SMILES string of the molecule is CC(C)CC(NC(=O)C(C)C)C(=O)NC(Cc1ccccc1)C(=O)O. The summed E-state index contributed by atoms with van der Waals surface area (Å²) >= 11 is 0. The van der Waals surface area contributed by atoms with Crippen molar-refractivity contribution in [1.82, 2.24) is 10.6 Å². The van der Waals surface area contributed by atoms with Crippen LogP contribution in [0.1, 0.15) is 39.7 Å². The molecule has 0 saturated heterocycles. The lowest BCUT2D eigenvalue weighted by Gasteiger charge is -2.23. The van der Waals surface area contributed by atoms with Gasteiger partial charge in [0.1, 0.15) is 12.1 Å². The monoisotopic (exact) mass is 348 g/mol. The van der Waals surface area contributed by atoms with Gasteiger partial charge in [-0.25, -0.2) is 4.79 Å². The zero-order valence-electron chi connectivity index (χ0n) is 15.3. The third-order valence-electron chi connectivity index (χ3n) is 3.76. The molecule has 138 valence electrons. The zero-order valence-corrected chi connectivity index (χ0v) is 15.3. The highest BCUT2D eigenvalue weighted by Gasteiger charge is 2.27. The van der Waals surface area contributed by atoms with E-state index in [1.54, 1.807) is 13.8 Å². The second-order valence-electron chi connectivity index (χ2n) is 6.93. The van der Waals surface area contributed by atoms with Crippen molar-refractivity contribution in [2.45, 2.75) is 52.6 Å². The molecule has 3 N–H and O–H groups in total. The van der Waals surface area contributed by atoms with Crippen molar-refractivity contribution in [2.75, 3.05) is 0 Å². The van der Waals surface area contributed by atoms with Gasteiger partial charge in [0.2, 0.25) is 11.8 Å². The van der Waals surface area contributed by atoms with E-state index in [9.17, 15) is 19.5 Å². The van der Waals surface area contributed by atoms with Crippen LogP contribution in [0.5, 0.6) is 0 Å². The summed E-state index contributed by atoms with van der Waals surface area (Å²) in [6.07, 6.45) is 0.635. The Morgan fingerprint density at radius 1 is 0.920 bits per heavy atom. The first-order valence-electron chi connectivity index (χ1n) is 8.58. The average molecular weight is 348 g/mol. The highest BCUT2D eigenvalue weighted by molar-refractivity contribution is 5.90. The molecule has 0 spiro atoms. The first-order chi connectivity index (χ1) is 11.7. The van der Waals surface area contributed by atoms with Crippen molar-refractivity contribution in [1.29, 1.82) is 0 Å². The largest absolute Gasteiger partial charge is 0.480 e. The highest BCUT2D eigenvalue weighted by atomic mass is 16.4. The molecule has 0 aliphatic carbocycles. The van der Waals surface area contributed by atoms with Crippen molar-refractivity contribution in [3.8, 4) is 0 Å². The van der Waals surface area contributed by atoms with Crippen LogP contribution >= 0.6 is 0 Å². The lowest BCUT2D eigenvalue weighted by Crippen LogP contribution is -2.53. The van der Waals surface area contributed by atoms with Crippen molar-refractivity contribution < 1.29 is 19.5 Å². The number of carboxylic acids is 1. The third kappa shape index (κ3) is 7.37. The summed E-state index contributed by atoms with van der Waals surface area (Å²) in [5.41, 5.74) is 0.821. The number of carbonyl (C=O) groups is 3. The van der Waals surface area contributed by atoms with Crippen LogP contribution in [0.25, 0.3) is 0 Å². The molecular weight excluding hydrogens is 320 g/mol. The Labute approximate surface area is 149 Å². The Morgan fingerprint density at radius 2 is 1.48 bits per heavy atom. The molecule has 0 heterocycles. The molecule has 0 bridgehead atoms. The summed E-state index contributed by atoms with van der Waals surface area (Å²) < 4.78 is 0. The first kappa shape index (κ1) is 20.7. The molecule has 1 aromatic rings. The molecule has 2 atom stereocenters. The molecular formula is C19H28N2O4. The second kappa shape index (κ2) is 9.81. The third-order valence-corrected chi connectivity index (χ3v) is 3.76. The lowest BCUT2D eigenvalue weighted by molar-refractivity contribution is -0.142. The van der Waals surface area contributed by atoms with Gasteiger partial charge in [-0.3, -0.25) is 9.59 Å². The predicted octanol–water partition coefficient (Wildman–Crippen LogP) is 1.99. The van der Waals surface area contributed by atoms with Gasteiger partial charge in [-0.05, 0) is 17.9 Å². The van der Waals surface area contributed by atoms with E-state index < -0.39 is 24.0 Å². The van der Waals surface area contributed by atoms with Gasteiger partial charge in [0.15, 0.2) is 0 Å². The fourth-order valence-corrected chi connectivity index (χ4v) is 2.36. The Hall–Kier alpha value is -2.37. The molecule has 1 aromatic carbocycles. The quantitative estimate of drug-likeness (QED) is 0.636. The molecule has 25 heavy (non-hydrogen) atoms. The number of carbonyl (C=O) groups excluding carboxylic acids is 2. The minimum absolute atomic E-state index is 0.181. The van der Waals surface area contributed by atoms with Gasteiger partial charge in [0.05, 0.1) is 0 Å². The first-order valence-corrected chi connectivity index (χ1v) is 8.58. The smallest absolute Gasteiger partial charge is 0.326 e. The van der Waals surface area contributed by atoms with E-state index in [0.29, 0.717) is 6.42 Å². The molecule has 6 heteroatoms. The number of aliphatic carboxylic acids is 1. The fourth-order valence-electron chi connectivity index (χ4n) is 2.36. The Kier molecular flexibility index (Phi) is 8.11. The number of rotatable bonds is 9. The van der Waals surface area contributed by atoms with Crippen LogP contribution in [0, 0.1) is 11.8 Å². The van der Waals surface area contributed by atoms with Crippen molar-refractivity contribution in [3.05, 3.63) is 35.9 Å². The Bertz CT molecular complexity index is 584. The molecule has 0 aliphatic heterocycles. The van der Waals surface area contributed by atoms with E-state index in [2.05, 4.69) is 10.6 Å². The van der Waals surface area contributed by atoms with Crippen molar-refractivity contribution in [2.24, 2.45) is 11.8 Å². The maximum Gasteiger partial charge on any atom is 0.326 e. The summed E-state index contributed by atoms with van der Waals surface area (Å²) in [6.45, 7) is 7.38. The van der Waals surface area contributed by atoms with Gasteiger partial charge in [0.25, 0.3) is 0 Å². The van der Waals surface area contributed by atoms with Crippen LogP contribution in [0.15, 0.2) is 30.3 Å². The van der Waals surface area contributed by atoms with E-state index in [4.69, 9.17) is 0 Å². The van der Waals surface area contributed by atoms with E-state index in [-0.39, 0.29) is 24.2 Å². The number of nitrogens with one attached hydrogen (secondary N) is 2. The van der Waals surface area contributed by atoms with Crippen LogP contribution in [-0.4, -0.2) is 35.0 Å². The van der Waals surface area contributed by atoms with Crippen molar-refractivity contribution >= 4 is 17.8 Å². The molecule has 6 nitrogen and oxygen atoms in total. The van der Waals surface area contributed by atoms with Crippen LogP contribution in [0.2, 0.25) is 0 Å². The van der Waals surface area contributed by atoms with E-state index in [0.717, 1.165) is 5.56 Å². The summed E-state index contributed by atoms with van der Waals surface area (Å²) in [6, 6.07) is 7.33. The van der Waals surface area contributed by atoms with Crippen molar-refractivity contribution in [3.63, 3.8) is 0 Å². The summed E-state index contributed by atoms with van der Waals surface area (Å²) in [4.78, 5) is 36.0. The Morgan fingerprint density at radius 3 is 1.96 bits per heavy atom. The maximum atomic E-state index is 12.6. The number of hydrogen-bond acceptors (Lipinski definition) is 3. The number of amides is 2. The highest BCUT2D eigenvalue weighted by Crippen LogP contribution is 2.08. The summed E-state index contributed by atoms with van der Waals surface area (Å²) in [7, 11) is 0. The molecule has 0 radical (unpaired) electrons. The standard InChI is InChI=1S/C19H28N2O4/c1-12(2)10-15(20-17(22)13(3)4)18(23)21-16(19(24)25)11-14-8-6-5-7-9-14/h5-9,12-13,15-16H,10-11H2,1-4H3,(H,20,22)(H,21,23)(H,24,25). The van der Waals surface area contributed by atoms with Crippen LogP contribution in [-0.2, 0) is 20.8 Å². The Balaban J connectivity index is 2.82. The van der Waals surface area contributed by atoms with Gasteiger partial charge < -0.3 is 15.7 Å². The number of benzene rings is 1. The van der Waals surface area contributed by atoms with Crippen LogP contribution in [0.3, 0.4) is 0 Å². The number of hydrogen-bond donors (Lipinski definition) is 3. The van der Waals surface area contributed by atoms with Gasteiger partial charge in [-0.1, -0.05) is 58.0 Å². The molecule has 2 unspecified atom stereocenters. The second-order valence-corrected chi connectivity index (χ2v) is 6.93. The minimum atomic E-state index is -1.10. The molecule has 0 aromatic heterocycles. The maximum absolute atomic E-state index is 12.6. The van der Waals surface area contributed by atoms with Gasteiger partial charge in [-0.2, -0.15) is 0 Å². The summed E-state index contributed by atoms with van der Waals surface area (Å²) in [5, 5.41) is 14.7. The molecule has 0 saturated carbocycles. The summed E-state index contributed by atoms with van der Waals surface area (Å²) in [5.74, 6) is -1.86. The van der Waals surface area contributed by atoms with E-state index >= 15 is 0 Å². The van der Waals surface area contributed by atoms with Crippen LogP contribution < -0.4 is 10.6 Å². The van der Waals surface area contributed by atoms with Gasteiger partial charge in [-0.15, -0.1) is 0 Å². The lowest BCUT2D eigenvalue weighted by atomic mass is 10.0. The topological polar surface area (TPSA) is 95.5 Å². The fraction of sp³-hybridized carbons (Fsp3) is 0.526. The van der Waals surface area contributed by atoms with E-state index in [1.165, 1.54) is 0 Å². The average Bonchev–Trinajstić information content (AvgIpc) is 2.53. The number of carboxylic acid groups (broad SMARTS) is 1. The predicted molar refractivity (Wildman–Crippen MR) is 95.9 cm³/mol. The van der Waals surface area contributed by atoms with E-state index in [1.807, 2.05) is 44.2 Å². The molecule has 1 rings (SSSR count). The minimum Gasteiger partial charge on any atom is -0.480 e. The molecule has 2 amide bonds. The van der Waals surface area contributed by atoms with Gasteiger partial charge in [0, 0.05) is 12.3 Å². The molecule has 0 aliphatic rings. The normalized spacial score (nSPS) is 13.4. The zero-order chi connectivity index (χ0) is 19.0.